The van der Waals surface area contributed by atoms with Crippen molar-refractivity contribution < 1.29 is 17.9 Å². The van der Waals surface area contributed by atoms with Gasteiger partial charge in [-0.15, -0.1) is 0 Å². The molecule has 0 aromatic carbocycles. The molecule has 10 nitrogen and oxygen atoms in total. The summed E-state index contributed by atoms with van der Waals surface area (Å²) in [5.41, 5.74) is 0.758. The second-order valence-electron chi connectivity index (χ2n) is 9.77. The zero-order valence-electron chi connectivity index (χ0n) is 19.7. The summed E-state index contributed by atoms with van der Waals surface area (Å²) in [4.78, 5) is 20.9. The van der Waals surface area contributed by atoms with Crippen molar-refractivity contribution in [3.8, 4) is 17.3 Å². The highest BCUT2D eigenvalue weighted by atomic mass is 32.2. The molecule has 4 rings (SSSR count). The number of carbonyl (C=O) groups is 1. The third kappa shape index (κ3) is 4.18. The number of rotatable bonds is 7. The number of fused-ring (bicyclic) bond motifs is 1. The predicted molar refractivity (Wildman–Crippen MR) is 125 cm³/mol. The Bertz CT molecular complexity index is 1370. The maximum absolute atomic E-state index is 12.3. The van der Waals surface area contributed by atoms with Crippen molar-refractivity contribution in [3.05, 3.63) is 31.0 Å². The lowest BCUT2D eigenvalue weighted by Crippen LogP contribution is -2.52. The summed E-state index contributed by atoms with van der Waals surface area (Å²) in [7, 11) is -3.16. The van der Waals surface area contributed by atoms with Gasteiger partial charge < -0.3 is 4.74 Å². The summed E-state index contributed by atoms with van der Waals surface area (Å²) >= 11 is 0. The van der Waals surface area contributed by atoms with Crippen LogP contribution in [0.2, 0.25) is 0 Å². The van der Waals surface area contributed by atoms with Crippen molar-refractivity contribution in [1.82, 2.24) is 24.3 Å². The Balaban J connectivity index is 1.61. The molecule has 0 aliphatic heterocycles. The molecule has 180 valence electrons. The lowest BCUT2D eigenvalue weighted by atomic mass is 9.74. The second kappa shape index (κ2) is 8.51. The third-order valence-corrected chi connectivity index (χ3v) is 8.53. The van der Waals surface area contributed by atoms with Crippen molar-refractivity contribution in [2.75, 3.05) is 5.75 Å². The van der Waals surface area contributed by atoms with Crippen LogP contribution in [0, 0.1) is 16.7 Å². The minimum atomic E-state index is -3.16. The van der Waals surface area contributed by atoms with Crippen LogP contribution in [0.3, 0.4) is 0 Å². The number of nitriles is 1. The van der Waals surface area contributed by atoms with Crippen molar-refractivity contribution in [1.29, 1.82) is 5.26 Å². The van der Waals surface area contributed by atoms with Gasteiger partial charge >= 0.3 is 5.97 Å². The maximum atomic E-state index is 12.3. The molecule has 3 aromatic heterocycles. The van der Waals surface area contributed by atoms with E-state index in [4.69, 9.17) is 4.74 Å². The van der Waals surface area contributed by atoms with E-state index in [2.05, 4.69) is 21.1 Å². The van der Waals surface area contributed by atoms with Crippen LogP contribution in [0.25, 0.3) is 22.3 Å². The number of ether oxygens (including phenoxy) is 1. The van der Waals surface area contributed by atoms with Crippen LogP contribution in [0.5, 0.6) is 0 Å². The van der Waals surface area contributed by atoms with Crippen molar-refractivity contribution in [2.45, 2.75) is 64.5 Å². The number of nitrogens with zero attached hydrogens (tertiary/aromatic N) is 6. The van der Waals surface area contributed by atoms with Gasteiger partial charge in [-0.3, -0.25) is 14.0 Å². The van der Waals surface area contributed by atoms with Gasteiger partial charge in [0.05, 0.1) is 40.6 Å². The van der Waals surface area contributed by atoms with E-state index >= 15 is 0 Å². The Labute approximate surface area is 198 Å². The van der Waals surface area contributed by atoms with Gasteiger partial charge in [-0.2, -0.15) is 10.4 Å². The van der Waals surface area contributed by atoms with E-state index in [-0.39, 0.29) is 24.9 Å². The highest BCUT2D eigenvalue weighted by molar-refractivity contribution is 7.92. The first kappa shape index (κ1) is 23.9. The normalized spacial score (nSPS) is 20.6. The minimum Gasteiger partial charge on any atom is -0.443 e. The molecule has 1 fully saturated rings. The molecule has 3 aromatic rings. The Morgan fingerprint density at radius 3 is 2.71 bits per heavy atom. The molecule has 0 saturated heterocycles. The number of aromatic nitrogens is 5. The number of esters is 1. The number of carbonyl (C=O) groups excluding carboxylic acids is 1. The molecule has 0 bridgehead atoms. The lowest BCUT2D eigenvalue weighted by Gasteiger charge is -2.45. The van der Waals surface area contributed by atoms with E-state index < -0.39 is 26.0 Å². The number of hydrogen-bond acceptors (Lipinski definition) is 8. The van der Waals surface area contributed by atoms with Crippen LogP contribution >= 0.6 is 0 Å². The summed E-state index contributed by atoms with van der Waals surface area (Å²) in [6.45, 7) is 7.06. The predicted octanol–water partition coefficient (Wildman–Crippen LogP) is 3.05. The molecule has 1 aliphatic carbocycles. The molecule has 0 N–H and O–H groups in total. The van der Waals surface area contributed by atoms with E-state index in [0.717, 1.165) is 10.9 Å². The summed E-state index contributed by atoms with van der Waals surface area (Å²) in [6, 6.07) is 4.04. The second-order valence-corrected chi connectivity index (χ2v) is 12.3. The summed E-state index contributed by atoms with van der Waals surface area (Å²) in [5, 5.41) is 14.2. The van der Waals surface area contributed by atoms with Gasteiger partial charge in [0, 0.05) is 29.1 Å². The van der Waals surface area contributed by atoms with Crippen LogP contribution in [0.4, 0.5) is 0 Å². The number of sulfone groups is 1. The fraction of sp³-hybridized carbons (Fsp3) is 0.522. The molecule has 1 saturated carbocycles. The Hall–Kier alpha value is -3.26. The molecular weight excluding hydrogens is 456 g/mol. The zero-order chi connectivity index (χ0) is 24.7. The highest BCUT2D eigenvalue weighted by Crippen LogP contribution is 2.46. The molecule has 1 aliphatic rings. The molecule has 11 heteroatoms. The Morgan fingerprint density at radius 1 is 1.32 bits per heavy atom. The highest BCUT2D eigenvalue weighted by Gasteiger charge is 2.51. The summed E-state index contributed by atoms with van der Waals surface area (Å²) < 4.78 is 33.4. The zero-order valence-corrected chi connectivity index (χ0v) is 20.5. The monoisotopic (exact) mass is 484 g/mol. The first-order chi connectivity index (χ1) is 16.0. The number of hydrogen-bond donors (Lipinski definition) is 0. The van der Waals surface area contributed by atoms with E-state index in [1.807, 2.05) is 12.3 Å². The Kier molecular flexibility index (Phi) is 5.97. The molecule has 0 spiro atoms. The van der Waals surface area contributed by atoms with Gasteiger partial charge in [-0.05, 0) is 39.7 Å². The van der Waals surface area contributed by atoms with Crippen LogP contribution in [-0.2, 0) is 31.6 Å². The van der Waals surface area contributed by atoms with E-state index in [9.17, 15) is 18.5 Å². The third-order valence-electron chi connectivity index (χ3n) is 6.38. The average Bonchev–Trinajstić information content (AvgIpc) is 3.41. The van der Waals surface area contributed by atoms with Crippen molar-refractivity contribution >= 4 is 26.8 Å². The lowest BCUT2D eigenvalue weighted by molar-refractivity contribution is -0.156. The van der Waals surface area contributed by atoms with Gasteiger partial charge in [-0.1, -0.05) is 6.92 Å². The fourth-order valence-corrected chi connectivity index (χ4v) is 5.82. The topological polar surface area (TPSA) is 133 Å². The maximum Gasteiger partial charge on any atom is 0.312 e. The van der Waals surface area contributed by atoms with E-state index in [1.54, 1.807) is 49.3 Å². The van der Waals surface area contributed by atoms with E-state index in [0.29, 0.717) is 24.2 Å². The molecule has 0 atom stereocenters. The fourth-order valence-electron chi connectivity index (χ4n) is 4.22. The van der Waals surface area contributed by atoms with Crippen LogP contribution in [-0.4, -0.2) is 49.7 Å². The van der Waals surface area contributed by atoms with Gasteiger partial charge in [0.15, 0.2) is 16.6 Å². The molecule has 0 radical (unpaired) electrons. The van der Waals surface area contributed by atoms with Gasteiger partial charge in [0.25, 0.3) is 0 Å². The molecular formula is C23H28N6O4S. The summed E-state index contributed by atoms with van der Waals surface area (Å²) in [6.07, 6.45) is 7.61. The van der Waals surface area contributed by atoms with Crippen LogP contribution < -0.4 is 0 Å². The van der Waals surface area contributed by atoms with E-state index in [1.165, 1.54) is 6.33 Å². The quantitative estimate of drug-likeness (QED) is 0.467. The molecule has 34 heavy (non-hydrogen) atoms. The summed E-state index contributed by atoms with van der Waals surface area (Å²) in [5.74, 6) is -0.220. The SMILES string of the molecule is CCS(=O)(=O)C1CC(CC#N)(n2cc(-c3ncnc4c3ccn4COC(=O)C(C)(C)C)cn2)C1. The van der Waals surface area contributed by atoms with Crippen LogP contribution in [0.15, 0.2) is 31.0 Å². The van der Waals surface area contributed by atoms with Gasteiger partial charge in [0.1, 0.15) is 12.0 Å². The first-order valence-corrected chi connectivity index (χ1v) is 12.8. The van der Waals surface area contributed by atoms with Gasteiger partial charge in [0.2, 0.25) is 0 Å². The largest absolute Gasteiger partial charge is 0.443 e. The Morgan fingerprint density at radius 2 is 2.06 bits per heavy atom. The van der Waals surface area contributed by atoms with Crippen molar-refractivity contribution in [2.24, 2.45) is 5.41 Å². The smallest absolute Gasteiger partial charge is 0.312 e. The molecule has 0 unspecified atom stereocenters. The molecule has 3 heterocycles. The minimum absolute atomic E-state index is 0.0356. The van der Waals surface area contributed by atoms with Gasteiger partial charge in [-0.25, -0.2) is 18.4 Å². The standard InChI is InChI=1S/C23H28N6O4S/c1-5-34(31,32)17-10-23(11-17,7-8-24)29-13-16(12-27-29)19-18-6-9-28(20(18)26-14-25-19)15-33-21(30)22(2,3)4/h6,9,12-14,17H,5,7,10-11,15H2,1-4H3. The first-order valence-electron chi connectivity index (χ1n) is 11.1. The van der Waals surface area contributed by atoms with Crippen LogP contribution in [0.1, 0.15) is 47.0 Å². The van der Waals surface area contributed by atoms with Crippen molar-refractivity contribution in [3.63, 3.8) is 0 Å². The molecule has 0 amide bonds. The average molecular weight is 485 g/mol.